The van der Waals surface area contributed by atoms with Gasteiger partial charge in [0.05, 0.1) is 31.7 Å². The maximum absolute atomic E-state index is 12.4. The Morgan fingerprint density at radius 1 is 1.16 bits per heavy atom. The Balaban J connectivity index is 2.33. The van der Waals surface area contributed by atoms with Crippen LogP contribution in [0.25, 0.3) is 6.08 Å². The molecule has 7 heteroatoms. The molecule has 2 rings (SSSR count). The molecule has 7 nitrogen and oxygen atoms in total. The molecule has 0 saturated heterocycles. The summed E-state index contributed by atoms with van der Waals surface area (Å²) in [6.07, 6.45) is 4.36. The minimum absolute atomic E-state index is 0.272. The zero-order valence-electron chi connectivity index (χ0n) is 14.5. The molecule has 0 atom stereocenters. The van der Waals surface area contributed by atoms with Gasteiger partial charge >= 0.3 is 0 Å². The van der Waals surface area contributed by atoms with Crippen molar-refractivity contribution < 1.29 is 23.5 Å². The third-order valence-electron chi connectivity index (χ3n) is 3.36. The van der Waals surface area contributed by atoms with Gasteiger partial charge in [-0.15, -0.1) is 0 Å². The van der Waals surface area contributed by atoms with E-state index in [4.69, 9.17) is 13.9 Å². The van der Waals surface area contributed by atoms with Crippen molar-refractivity contribution in [2.75, 3.05) is 33.6 Å². The lowest BCUT2D eigenvalue weighted by molar-refractivity contribution is -0.111. The number of hydrogen-bond donors (Lipinski definition) is 1. The third kappa shape index (κ3) is 4.41. The highest BCUT2D eigenvalue weighted by Crippen LogP contribution is 2.33. The summed E-state index contributed by atoms with van der Waals surface area (Å²) in [5, 5.41) is 2.68. The van der Waals surface area contributed by atoms with Crippen molar-refractivity contribution in [3.05, 3.63) is 47.9 Å². The average molecular weight is 344 g/mol. The highest BCUT2D eigenvalue weighted by molar-refractivity contribution is 6.08. The summed E-state index contributed by atoms with van der Waals surface area (Å²) < 4.78 is 15.6. The van der Waals surface area contributed by atoms with Gasteiger partial charge in [0.15, 0.2) is 11.5 Å². The Hall–Kier alpha value is -3.22. The monoisotopic (exact) mass is 344 g/mol. The van der Waals surface area contributed by atoms with Crippen LogP contribution in [0.4, 0.5) is 5.69 Å². The SMILES string of the molecule is COc1cc(NC(=O)/C=C/c2ccco2)c(C(=O)N(C)C)cc1OC. The molecule has 25 heavy (non-hydrogen) atoms. The third-order valence-corrected chi connectivity index (χ3v) is 3.36. The van der Waals surface area contributed by atoms with Gasteiger partial charge in [0.2, 0.25) is 5.91 Å². The number of nitrogens with zero attached hydrogens (tertiary/aromatic N) is 1. The van der Waals surface area contributed by atoms with E-state index < -0.39 is 5.91 Å². The molecule has 0 bridgehead atoms. The number of furan rings is 1. The fourth-order valence-corrected chi connectivity index (χ4v) is 2.12. The molecule has 0 spiro atoms. The molecule has 0 aliphatic carbocycles. The van der Waals surface area contributed by atoms with Crippen LogP contribution in [0, 0.1) is 0 Å². The molecule has 132 valence electrons. The maximum Gasteiger partial charge on any atom is 0.255 e. The van der Waals surface area contributed by atoms with Gasteiger partial charge in [0.25, 0.3) is 5.91 Å². The van der Waals surface area contributed by atoms with Crippen LogP contribution < -0.4 is 14.8 Å². The van der Waals surface area contributed by atoms with Gasteiger partial charge < -0.3 is 24.1 Å². The summed E-state index contributed by atoms with van der Waals surface area (Å²) in [6, 6.07) is 6.53. The van der Waals surface area contributed by atoms with Crippen molar-refractivity contribution in [3.63, 3.8) is 0 Å². The van der Waals surface area contributed by atoms with Gasteiger partial charge in [-0.1, -0.05) is 0 Å². The van der Waals surface area contributed by atoms with E-state index in [0.717, 1.165) is 0 Å². The maximum atomic E-state index is 12.4. The molecule has 1 heterocycles. The number of benzene rings is 1. The van der Waals surface area contributed by atoms with E-state index in [2.05, 4.69) is 5.32 Å². The average Bonchev–Trinajstić information content (AvgIpc) is 3.12. The molecule has 0 fully saturated rings. The van der Waals surface area contributed by atoms with E-state index in [-0.39, 0.29) is 5.91 Å². The standard InChI is InChI=1S/C18H20N2O5/c1-20(2)18(22)13-10-15(23-3)16(24-4)11-14(13)19-17(21)8-7-12-6-5-9-25-12/h5-11H,1-4H3,(H,19,21)/b8-7+. The van der Waals surface area contributed by atoms with E-state index >= 15 is 0 Å². The number of rotatable bonds is 6. The van der Waals surface area contributed by atoms with E-state index in [1.165, 1.54) is 43.6 Å². The Bertz CT molecular complexity index is 779. The fourth-order valence-electron chi connectivity index (χ4n) is 2.12. The molecule has 0 aliphatic rings. The molecule has 0 unspecified atom stereocenters. The van der Waals surface area contributed by atoms with Crippen LogP contribution in [0.15, 0.2) is 41.0 Å². The van der Waals surface area contributed by atoms with E-state index in [1.54, 1.807) is 32.3 Å². The predicted octanol–water partition coefficient (Wildman–Crippen LogP) is 2.65. The number of carbonyl (C=O) groups excluding carboxylic acids is 2. The number of carbonyl (C=O) groups is 2. The van der Waals surface area contributed by atoms with E-state index in [0.29, 0.717) is 28.5 Å². The topological polar surface area (TPSA) is 81.0 Å². The Kier molecular flexibility index (Phi) is 5.84. The number of anilines is 1. The lowest BCUT2D eigenvalue weighted by atomic mass is 10.1. The van der Waals surface area contributed by atoms with Crippen LogP contribution in [0.2, 0.25) is 0 Å². The summed E-state index contributed by atoms with van der Waals surface area (Å²) >= 11 is 0. The van der Waals surface area contributed by atoms with Gasteiger partial charge in [-0.3, -0.25) is 9.59 Å². The van der Waals surface area contributed by atoms with Crippen LogP contribution in [0.3, 0.4) is 0 Å². The summed E-state index contributed by atoms with van der Waals surface area (Å²) in [7, 11) is 6.21. The van der Waals surface area contributed by atoms with Crippen LogP contribution in [0.1, 0.15) is 16.1 Å². The summed E-state index contributed by atoms with van der Waals surface area (Å²) in [5.74, 6) is 0.676. The summed E-state index contributed by atoms with van der Waals surface area (Å²) in [4.78, 5) is 26.0. The molecule has 2 aromatic rings. The molecule has 2 amide bonds. The summed E-state index contributed by atoms with van der Waals surface area (Å²) in [5.41, 5.74) is 0.618. The highest BCUT2D eigenvalue weighted by atomic mass is 16.5. The molecule has 0 aliphatic heterocycles. The minimum Gasteiger partial charge on any atom is -0.493 e. The Labute approximate surface area is 145 Å². The van der Waals surface area contributed by atoms with Crippen LogP contribution in [0.5, 0.6) is 11.5 Å². The predicted molar refractivity (Wildman–Crippen MR) is 93.9 cm³/mol. The van der Waals surface area contributed by atoms with E-state index in [1.807, 2.05) is 0 Å². The molecule has 0 radical (unpaired) electrons. The Morgan fingerprint density at radius 2 is 1.84 bits per heavy atom. The van der Waals surface area contributed by atoms with Gasteiger partial charge in [0.1, 0.15) is 5.76 Å². The second-order valence-electron chi connectivity index (χ2n) is 5.29. The number of nitrogens with one attached hydrogen (secondary N) is 1. The number of hydrogen-bond acceptors (Lipinski definition) is 5. The van der Waals surface area contributed by atoms with Gasteiger partial charge in [-0.2, -0.15) is 0 Å². The molecule has 1 aromatic heterocycles. The van der Waals surface area contributed by atoms with Crippen LogP contribution in [-0.2, 0) is 4.79 Å². The first-order valence-electron chi connectivity index (χ1n) is 7.46. The van der Waals surface area contributed by atoms with Crippen molar-refractivity contribution >= 4 is 23.6 Å². The Morgan fingerprint density at radius 3 is 2.40 bits per heavy atom. The fraction of sp³-hybridized carbons (Fsp3) is 0.222. The second kappa shape index (κ2) is 8.05. The first-order chi connectivity index (χ1) is 12.0. The molecule has 1 N–H and O–H groups in total. The zero-order valence-corrected chi connectivity index (χ0v) is 14.5. The lowest BCUT2D eigenvalue weighted by Gasteiger charge is -2.17. The van der Waals surface area contributed by atoms with Crippen LogP contribution in [-0.4, -0.2) is 45.0 Å². The molecular weight excluding hydrogens is 324 g/mol. The molecule has 1 aromatic carbocycles. The quantitative estimate of drug-likeness (QED) is 0.815. The molecular formula is C18H20N2O5. The molecule has 0 saturated carbocycles. The summed E-state index contributed by atoms with van der Waals surface area (Å²) in [6.45, 7) is 0. The smallest absolute Gasteiger partial charge is 0.255 e. The normalized spacial score (nSPS) is 10.6. The van der Waals surface area contributed by atoms with Crippen molar-refractivity contribution in [1.82, 2.24) is 4.90 Å². The van der Waals surface area contributed by atoms with Gasteiger partial charge in [-0.25, -0.2) is 0 Å². The van der Waals surface area contributed by atoms with Crippen molar-refractivity contribution in [2.24, 2.45) is 0 Å². The first kappa shape index (κ1) is 18.1. The number of ether oxygens (including phenoxy) is 2. The number of amides is 2. The largest absolute Gasteiger partial charge is 0.493 e. The second-order valence-corrected chi connectivity index (χ2v) is 5.29. The van der Waals surface area contributed by atoms with Gasteiger partial charge in [-0.05, 0) is 24.3 Å². The van der Waals surface area contributed by atoms with Crippen molar-refractivity contribution in [3.8, 4) is 11.5 Å². The van der Waals surface area contributed by atoms with E-state index in [9.17, 15) is 9.59 Å². The van der Waals surface area contributed by atoms with Gasteiger partial charge in [0, 0.05) is 26.2 Å². The minimum atomic E-state index is -0.406. The lowest BCUT2D eigenvalue weighted by Crippen LogP contribution is -2.24. The number of methoxy groups -OCH3 is 2. The van der Waals surface area contributed by atoms with Crippen LogP contribution >= 0.6 is 0 Å². The van der Waals surface area contributed by atoms with Crippen molar-refractivity contribution in [1.29, 1.82) is 0 Å². The highest BCUT2D eigenvalue weighted by Gasteiger charge is 2.19. The van der Waals surface area contributed by atoms with Crippen molar-refractivity contribution in [2.45, 2.75) is 0 Å². The zero-order chi connectivity index (χ0) is 18.4. The first-order valence-corrected chi connectivity index (χ1v) is 7.46.